The van der Waals surface area contributed by atoms with Crippen LogP contribution in [0, 0.1) is 5.82 Å². The molecule has 6 heteroatoms. The lowest BCUT2D eigenvalue weighted by Gasteiger charge is -2.11. The Labute approximate surface area is 134 Å². The molecule has 120 valence electrons. The number of rotatable bonds is 3. The maximum atomic E-state index is 13.0. The average Bonchev–Trinajstić information content (AvgIpc) is 2.87. The molecule has 4 nitrogen and oxygen atoms in total. The molecule has 0 spiro atoms. The van der Waals surface area contributed by atoms with E-state index in [4.69, 9.17) is 0 Å². The number of halogens is 1. The predicted octanol–water partition coefficient (Wildman–Crippen LogP) is 2.41. The van der Waals surface area contributed by atoms with Crippen LogP contribution in [0.2, 0.25) is 0 Å². The number of hydrogen-bond donors (Lipinski definition) is 1. The molecule has 1 saturated heterocycles. The molecular formula is C17H16FNO3S. The fourth-order valence-electron chi connectivity index (χ4n) is 2.66. The van der Waals surface area contributed by atoms with Gasteiger partial charge in [0, 0.05) is 11.6 Å². The summed E-state index contributed by atoms with van der Waals surface area (Å²) in [4.78, 5) is 12.3. The van der Waals surface area contributed by atoms with E-state index in [1.807, 2.05) is 6.07 Å². The molecule has 1 N–H and O–H groups in total. The molecule has 0 radical (unpaired) electrons. The second-order valence-electron chi connectivity index (χ2n) is 5.66. The zero-order valence-corrected chi connectivity index (χ0v) is 13.1. The summed E-state index contributed by atoms with van der Waals surface area (Å²) in [6, 6.07) is 12.7. The average molecular weight is 333 g/mol. The third kappa shape index (κ3) is 3.76. The molecule has 0 bridgehead atoms. The van der Waals surface area contributed by atoms with Crippen molar-refractivity contribution in [2.75, 3.05) is 11.5 Å². The SMILES string of the molecule is O=C(NC1CCS(=O)(=O)C1)c1cccc(-c2ccc(F)cc2)c1. The number of carbonyl (C=O) groups is 1. The van der Waals surface area contributed by atoms with E-state index in [2.05, 4.69) is 5.32 Å². The van der Waals surface area contributed by atoms with Crippen molar-refractivity contribution in [3.05, 3.63) is 59.9 Å². The van der Waals surface area contributed by atoms with Crippen LogP contribution in [0.15, 0.2) is 48.5 Å². The molecule has 1 unspecified atom stereocenters. The smallest absolute Gasteiger partial charge is 0.251 e. The highest BCUT2D eigenvalue weighted by atomic mass is 32.2. The molecule has 1 amide bonds. The van der Waals surface area contributed by atoms with Gasteiger partial charge in [0.2, 0.25) is 0 Å². The highest BCUT2D eigenvalue weighted by Crippen LogP contribution is 2.21. The van der Waals surface area contributed by atoms with Gasteiger partial charge in [0.05, 0.1) is 11.5 Å². The fourth-order valence-corrected chi connectivity index (χ4v) is 4.33. The molecular weight excluding hydrogens is 317 g/mol. The molecule has 0 saturated carbocycles. The number of carbonyl (C=O) groups excluding carboxylic acids is 1. The summed E-state index contributed by atoms with van der Waals surface area (Å²) in [5, 5.41) is 2.76. The van der Waals surface area contributed by atoms with Gasteiger partial charge in [-0.2, -0.15) is 0 Å². The zero-order valence-electron chi connectivity index (χ0n) is 12.3. The summed E-state index contributed by atoms with van der Waals surface area (Å²) in [7, 11) is -3.03. The van der Waals surface area contributed by atoms with Gasteiger partial charge in [-0.1, -0.05) is 24.3 Å². The third-order valence-electron chi connectivity index (χ3n) is 3.87. The van der Waals surface area contributed by atoms with Gasteiger partial charge >= 0.3 is 0 Å². The van der Waals surface area contributed by atoms with Gasteiger partial charge in [-0.15, -0.1) is 0 Å². The van der Waals surface area contributed by atoms with Crippen molar-refractivity contribution in [1.29, 1.82) is 0 Å². The van der Waals surface area contributed by atoms with Gasteiger partial charge in [0.15, 0.2) is 9.84 Å². The quantitative estimate of drug-likeness (QED) is 0.938. The minimum Gasteiger partial charge on any atom is -0.348 e. The lowest BCUT2D eigenvalue weighted by atomic mass is 10.0. The van der Waals surface area contributed by atoms with Crippen LogP contribution in [-0.2, 0) is 9.84 Å². The van der Waals surface area contributed by atoms with E-state index < -0.39 is 9.84 Å². The van der Waals surface area contributed by atoms with Crippen LogP contribution in [-0.4, -0.2) is 31.9 Å². The largest absolute Gasteiger partial charge is 0.348 e. The second kappa shape index (κ2) is 6.12. The molecule has 2 aromatic carbocycles. The summed E-state index contributed by atoms with van der Waals surface area (Å²) in [5.74, 6) is -0.495. The van der Waals surface area contributed by atoms with Crippen LogP contribution in [0.25, 0.3) is 11.1 Å². The molecule has 0 aromatic heterocycles. The monoisotopic (exact) mass is 333 g/mol. The van der Waals surface area contributed by atoms with Crippen LogP contribution < -0.4 is 5.32 Å². The molecule has 2 aromatic rings. The van der Waals surface area contributed by atoms with E-state index in [0.717, 1.165) is 11.1 Å². The summed E-state index contributed by atoms with van der Waals surface area (Å²) in [6.07, 6.45) is 0.450. The predicted molar refractivity (Wildman–Crippen MR) is 86.4 cm³/mol. The van der Waals surface area contributed by atoms with Gasteiger partial charge in [0.1, 0.15) is 5.82 Å². The Morgan fingerprint density at radius 3 is 2.48 bits per heavy atom. The van der Waals surface area contributed by atoms with Gasteiger partial charge in [-0.3, -0.25) is 4.79 Å². The number of hydrogen-bond acceptors (Lipinski definition) is 3. The van der Waals surface area contributed by atoms with E-state index in [0.29, 0.717) is 12.0 Å². The highest BCUT2D eigenvalue weighted by molar-refractivity contribution is 7.91. The lowest BCUT2D eigenvalue weighted by molar-refractivity contribution is 0.0941. The van der Waals surface area contributed by atoms with E-state index in [1.165, 1.54) is 12.1 Å². The molecule has 1 aliphatic heterocycles. The van der Waals surface area contributed by atoms with E-state index in [-0.39, 0.29) is 29.3 Å². The number of sulfone groups is 1. The second-order valence-corrected chi connectivity index (χ2v) is 7.89. The number of amides is 1. The van der Waals surface area contributed by atoms with E-state index >= 15 is 0 Å². The lowest BCUT2D eigenvalue weighted by Crippen LogP contribution is -2.35. The first-order valence-corrected chi connectivity index (χ1v) is 9.12. The standard InChI is InChI=1S/C17H16FNO3S/c18-15-6-4-12(5-7-15)13-2-1-3-14(10-13)17(20)19-16-8-9-23(21,22)11-16/h1-7,10,16H,8-9,11H2,(H,19,20). The Balaban J connectivity index is 1.77. The van der Waals surface area contributed by atoms with E-state index in [1.54, 1.807) is 30.3 Å². The number of nitrogens with one attached hydrogen (secondary N) is 1. The normalized spacial score (nSPS) is 19.4. The molecule has 1 heterocycles. The van der Waals surface area contributed by atoms with Gasteiger partial charge in [-0.05, 0) is 41.8 Å². The van der Waals surface area contributed by atoms with Crippen LogP contribution in [0.3, 0.4) is 0 Å². The first-order valence-electron chi connectivity index (χ1n) is 7.30. The Hall–Kier alpha value is -2.21. The van der Waals surface area contributed by atoms with Crippen LogP contribution in [0.4, 0.5) is 4.39 Å². The fraction of sp³-hybridized carbons (Fsp3) is 0.235. The van der Waals surface area contributed by atoms with Gasteiger partial charge < -0.3 is 5.32 Å². The molecule has 1 aliphatic rings. The van der Waals surface area contributed by atoms with Gasteiger partial charge in [-0.25, -0.2) is 12.8 Å². The van der Waals surface area contributed by atoms with Crippen molar-refractivity contribution in [2.45, 2.75) is 12.5 Å². The van der Waals surface area contributed by atoms with E-state index in [9.17, 15) is 17.6 Å². The molecule has 3 rings (SSSR count). The maximum Gasteiger partial charge on any atom is 0.251 e. The summed E-state index contributed by atoms with van der Waals surface area (Å²) in [6.45, 7) is 0. The van der Waals surface area contributed by atoms with Crippen LogP contribution in [0.1, 0.15) is 16.8 Å². The van der Waals surface area contributed by atoms with Crippen LogP contribution >= 0.6 is 0 Å². The van der Waals surface area contributed by atoms with Crippen molar-refractivity contribution in [3.63, 3.8) is 0 Å². The van der Waals surface area contributed by atoms with Crippen molar-refractivity contribution < 1.29 is 17.6 Å². The summed E-state index contributed by atoms with van der Waals surface area (Å²) < 4.78 is 35.9. The van der Waals surface area contributed by atoms with Crippen molar-refractivity contribution in [2.24, 2.45) is 0 Å². The molecule has 1 atom stereocenters. The van der Waals surface area contributed by atoms with Crippen molar-refractivity contribution >= 4 is 15.7 Å². The Kier molecular flexibility index (Phi) is 4.17. The number of benzene rings is 2. The van der Waals surface area contributed by atoms with Crippen molar-refractivity contribution in [1.82, 2.24) is 5.32 Å². The Morgan fingerprint density at radius 1 is 1.09 bits per heavy atom. The Morgan fingerprint density at radius 2 is 1.83 bits per heavy atom. The minimum absolute atomic E-state index is 0.00358. The minimum atomic E-state index is -3.03. The van der Waals surface area contributed by atoms with Gasteiger partial charge in [0.25, 0.3) is 5.91 Å². The Bertz CT molecular complexity index is 831. The summed E-state index contributed by atoms with van der Waals surface area (Å²) in [5.41, 5.74) is 2.07. The first kappa shape index (κ1) is 15.7. The maximum absolute atomic E-state index is 13.0. The first-order chi connectivity index (χ1) is 10.9. The van der Waals surface area contributed by atoms with Crippen molar-refractivity contribution in [3.8, 4) is 11.1 Å². The molecule has 1 fully saturated rings. The molecule has 23 heavy (non-hydrogen) atoms. The summed E-state index contributed by atoms with van der Waals surface area (Å²) >= 11 is 0. The highest BCUT2D eigenvalue weighted by Gasteiger charge is 2.29. The third-order valence-corrected chi connectivity index (χ3v) is 5.64. The van der Waals surface area contributed by atoms with Crippen LogP contribution in [0.5, 0.6) is 0 Å². The molecule has 0 aliphatic carbocycles. The zero-order chi connectivity index (χ0) is 16.4. The topological polar surface area (TPSA) is 63.2 Å².